The molecule has 1 unspecified atom stereocenters. The van der Waals surface area contributed by atoms with Crippen LogP contribution in [0.15, 0.2) is 72.3 Å². The summed E-state index contributed by atoms with van der Waals surface area (Å²) in [6.07, 6.45) is 4.18. The second kappa shape index (κ2) is 8.32. The lowest BCUT2D eigenvalue weighted by molar-refractivity contribution is -0.116. The van der Waals surface area contributed by atoms with Crippen molar-refractivity contribution in [2.75, 3.05) is 12.9 Å². The molecule has 0 aromatic heterocycles. The predicted octanol–water partition coefficient (Wildman–Crippen LogP) is 4.26. The molecule has 0 saturated heterocycles. The summed E-state index contributed by atoms with van der Waals surface area (Å²) in [6, 6.07) is 21.8. The van der Waals surface area contributed by atoms with Gasteiger partial charge in [0.25, 0.3) is 5.91 Å². The van der Waals surface area contributed by atoms with E-state index in [1.807, 2.05) is 54.6 Å². The third-order valence-electron chi connectivity index (χ3n) is 5.24. The molecule has 3 aromatic carbocycles. The number of sulfonamides is 1. The van der Waals surface area contributed by atoms with Crippen molar-refractivity contribution >= 4 is 32.8 Å². The molecule has 1 atom stereocenters. The SMILES string of the molecule is CS(=O)(=O)NC(=O)C1=Cc2ccccc2C1CCCOc1cccc2ccccc12. The van der Waals surface area contributed by atoms with E-state index in [9.17, 15) is 13.2 Å². The molecule has 0 fully saturated rings. The van der Waals surface area contributed by atoms with Crippen LogP contribution in [0.2, 0.25) is 0 Å². The summed E-state index contributed by atoms with van der Waals surface area (Å²) in [5.41, 5.74) is 2.48. The molecule has 3 aromatic rings. The van der Waals surface area contributed by atoms with Crippen LogP contribution in [-0.2, 0) is 14.8 Å². The molecule has 154 valence electrons. The van der Waals surface area contributed by atoms with Crippen molar-refractivity contribution in [2.45, 2.75) is 18.8 Å². The maximum Gasteiger partial charge on any atom is 0.261 e. The van der Waals surface area contributed by atoms with Crippen molar-refractivity contribution in [3.63, 3.8) is 0 Å². The number of ether oxygens (including phenoxy) is 1. The number of fused-ring (bicyclic) bond motifs is 2. The molecular weight excluding hydrogens is 398 g/mol. The van der Waals surface area contributed by atoms with Crippen LogP contribution in [0.1, 0.15) is 29.9 Å². The van der Waals surface area contributed by atoms with E-state index in [1.54, 1.807) is 6.08 Å². The highest BCUT2D eigenvalue weighted by atomic mass is 32.2. The number of amides is 1. The largest absolute Gasteiger partial charge is 0.493 e. The van der Waals surface area contributed by atoms with Crippen molar-refractivity contribution < 1.29 is 17.9 Å². The number of carbonyl (C=O) groups is 1. The third-order valence-corrected chi connectivity index (χ3v) is 5.80. The number of benzene rings is 3. The van der Waals surface area contributed by atoms with Gasteiger partial charge in [0.05, 0.1) is 12.9 Å². The van der Waals surface area contributed by atoms with Gasteiger partial charge in [-0.25, -0.2) is 13.1 Å². The fourth-order valence-electron chi connectivity index (χ4n) is 3.95. The summed E-state index contributed by atoms with van der Waals surface area (Å²) in [6.45, 7) is 0.508. The van der Waals surface area contributed by atoms with Crippen LogP contribution < -0.4 is 9.46 Å². The maximum atomic E-state index is 12.6. The highest BCUT2D eigenvalue weighted by molar-refractivity contribution is 7.89. The van der Waals surface area contributed by atoms with Crippen LogP contribution in [0.25, 0.3) is 16.8 Å². The van der Waals surface area contributed by atoms with Crippen molar-refractivity contribution in [3.8, 4) is 5.75 Å². The van der Waals surface area contributed by atoms with Crippen LogP contribution >= 0.6 is 0 Å². The van der Waals surface area contributed by atoms with Crippen molar-refractivity contribution in [1.82, 2.24) is 4.72 Å². The molecule has 6 heteroatoms. The van der Waals surface area contributed by atoms with Gasteiger partial charge in [-0.2, -0.15) is 0 Å². The fourth-order valence-corrected chi connectivity index (χ4v) is 4.40. The lowest BCUT2D eigenvalue weighted by Gasteiger charge is -2.17. The van der Waals surface area contributed by atoms with E-state index in [-0.39, 0.29) is 5.92 Å². The summed E-state index contributed by atoms with van der Waals surface area (Å²) in [5, 5.41) is 2.20. The molecule has 0 saturated carbocycles. The van der Waals surface area contributed by atoms with Gasteiger partial charge >= 0.3 is 0 Å². The van der Waals surface area contributed by atoms with Crippen LogP contribution in [0.3, 0.4) is 0 Å². The van der Waals surface area contributed by atoms with Gasteiger partial charge < -0.3 is 4.74 Å². The Hall–Kier alpha value is -3.12. The Morgan fingerprint density at radius 2 is 1.73 bits per heavy atom. The van der Waals surface area contributed by atoms with Gasteiger partial charge in [-0.1, -0.05) is 60.7 Å². The molecular formula is C24H23NO4S. The maximum absolute atomic E-state index is 12.6. The zero-order chi connectivity index (χ0) is 21.1. The smallest absolute Gasteiger partial charge is 0.261 e. The van der Waals surface area contributed by atoms with Crippen LogP contribution in [-0.4, -0.2) is 27.2 Å². The van der Waals surface area contributed by atoms with E-state index in [0.29, 0.717) is 18.6 Å². The Balaban J connectivity index is 1.45. The van der Waals surface area contributed by atoms with E-state index in [1.165, 1.54) is 0 Å². The molecule has 30 heavy (non-hydrogen) atoms. The molecule has 0 bridgehead atoms. The van der Waals surface area contributed by atoms with Crippen molar-refractivity contribution in [3.05, 3.63) is 83.4 Å². The molecule has 5 nitrogen and oxygen atoms in total. The Morgan fingerprint density at radius 1 is 1.00 bits per heavy atom. The highest BCUT2D eigenvalue weighted by Crippen LogP contribution is 2.39. The molecule has 0 heterocycles. The fraction of sp³-hybridized carbons (Fsp3) is 0.208. The first-order valence-corrected chi connectivity index (χ1v) is 11.7. The lowest BCUT2D eigenvalue weighted by Crippen LogP contribution is -2.31. The number of carbonyl (C=O) groups excluding carboxylic acids is 1. The summed E-state index contributed by atoms with van der Waals surface area (Å²) in [7, 11) is -3.62. The Kier molecular flexibility index (Phi) is 5.59. The Bertz CT molecular complexity index is 1230. The Labute approximate surface area is 176 Å². The Morgan fingerprint density at radius 3 is 2.57 bits per heavy atom. The summed E-state index contributed by atoms with van der Waals surface area (Å²) in [5.74, 6) is 0.123. The predicted molar refractivity (Wildman–Crippen MR) is 119 cm³/mol. The minimum Gasteiger partial charge on any atom is -0.493 e. The quantitative estimate of drug-likeness (QED) is 0.579. The highest BCUT2D eigenvalue weighted by Gasteiger charge is 2.30. The van der Waals surface area contributed by atoms with Gasteiger partial charge in [-0.05, 0) is 41.5 Å². The van der Waals surface area contributed by atoms with Crippen molar-refractivity contribution in [2.24, 2.45) is 0 Å². The normalized spacial score (nSPS) is 15.5. The number of rotatable bonds is 7. The molecule has 0 radical (unpaired) electrons. The minimum atomic E-state index is -3.62. The van der Waals surface area contributed by atoms with Crippen molar-refractivity contribution in [1.29, 1.82) is 0 Å². The van der Waals surface area contributed by atoms with E-state index < -0.39 is 15.9 Å². The van der Waals surface area contributed by atoms with Gasteiger partial charge in [0.15, 0.2) is 0 Å². The molecule has 1 aliphatic rings. The molecule has 0 aliphatic heterocycles. The van der Waals surface area contributed by atoms with Gasteiger partial charge in [-0.15, -0.1) is 0 Å². The minimum absolute atomic E-state index is 0.154. The summed E-state index contributed by atoms with van der Waals surface area (Å²) >= 11 is 0. The van der Waals surface area contributed by atoms with E-state index >= 15 is 0 Å². The first-order valence-electron chi connectivity index (χ1n) is 9.85. The number of nitrogens with one attached hydrogen (secondary N) is 1. The van der Waals surface area contributed by atoms with Gasteiger partial charge in [0.1, 0.15) is 5.75 Å². The van der Waals surface area contributed by atoms with Crippen LogP contribution in [0, 0.1) is 0 Å². The van der Waals surface area contributed by atoms with Crippen LogP contribution in [0.5, 0.6) is 5.75 Å². The summed E-state index contributed by atoms with van der Waals surface area (Å²) in [4.78, 5) is 12.6. The number of hydrogen-bond acceptors (Lipinski definition) is 4. The zero-order valence-electron chi connectivity index (χ0n) is 16.7. The average Bonchev–Trinajstić information content (AvgIpc) is 3.09. The molecule has 1 N–H and O–H groups in total. The molecule has 1 aliphatic carbocycles. The van der Waals surface area contributed by atoms with Gasteiger partial charge in [-0.3, -0.25) is 4.79 Å². The average molecular weight is 422 g/mol. The number of hydrogen-bond donors (Lipinski definition) is 1. The van der Waals surface area contributed by atoms with E-state index in [0.717, 1.165) is 40.3 Å². The van der Waals surface area contributed by atoms with E-state index in [4.69, 9.17) is 4.74 Å². The van der Waals surface area contributed by atoms with Crippen LogP contribution in [0.4, 0.5) is 0 Å². The van der Waals surface area contributed by atoms with E-state index in [2.05, 4.69) is 16.9 Å². The monoisotopic (exact) mass is 421 g/mol. The first kappa shape index (κ1) is 20.2. The van der Waals surface area contributed by atoms with Gasteiger partial charge in [0.2, 0.25) is 10.0 Å². The van der Waals surface area contributed by atoms with Gasteiger partial charge in [0, 0.05) is 16.9 Å². The molecule has 1 amide bonds. The third kappa shape index (κ3) is 4.39. The first-order chi connectivity index (χ1) is 14.4. The molecule has 0 spiro atoms. The zero-order valence-corrected chi connectivity index (χ0v) is 17.5. The molecule has 4 rings (SSSR count). The second-order valence-corrected chi connectivity index (χ2v) is 9.20. The standard InChI is InChI=1S/C24H23NO4S/c1-30(27,28)25-24(26)22-16-18-9-3-4-11-19(18)21(22)13-7-15-29-23-14-6-10-17-8-2-5-12-20(17)23/h2-6,8-12,14,16,21H,7,13,15H2,1H3,(H,25,26). The topological polar surface area (TPSA) is 72.5 Å². The lowest BCUT2D eigenvalue weighted by atomic mass is 9.91. The second-order valence-electron chi connectivity index (χ2n) is 7.45. The summed E-state index contributed by atoms with van der Waals surface area (Å²) < 4.78 is 31.2.